The second kappa shape index (κ2) is 6.08. The van der Waals surface area contributed by atoms with Crippen LogP contribution in [0.3, 0.4) is 0 Å². The lowest BCUT2D eigenvalue weighted by Gasteiger charge is -2.26. The summed E-state index contributed by atoms with van der Waals surface area (Å²) in [4.78, 5) is 0. The summed E-state index contributed by atoms with van der Waals surface area (Å²) >= 11 is 6.05. The quantitative estimate of drug-likeness (QED) is 0.841. The summed E-state index contributed by atoms with van der Waals surface area (Å²) in [7, 11) is 0. The molecule has 1 aromatic carbocycles. The van der Waals surface area contributed by atoms with E-state index >= 15 is 0 Å². The zero-order chi connectivity index (χ0) is 13.1. The van der Waals surface area contributed by atoms with Crippen LogP contribution in [0.5, 0.6) is 0 Å². The molecule has 2 atom stereocenters. The molecule has 0 spiro atoms. The highest BCUT2D eigenvalue weighted by molar-refractivity contribution is 6.30. The lowest BCUT2D eigenvalue weighted by Crippen LogP contribution is -2.41. The van der Waals surface area contributed by atoms with E-state index in [1.165, 1.54) is 24.0 Å². The van der Waals surface area contributed by atoms with Crippen molar-refractivity contribution in [3.63, 3.8) is 0 Å². The summed E-state index contributed by atoms with van der Waals surface area (Å²) in [5.41, 5.74) is 2.89. The predicted molar refractivity (Wildman–Crippen MR) is 79.3 cm³/mol. The smallest absolute Gasteiger partial charge is 0.0408 e. The highest BCUT2D eigenvalue weighted by Crippen LogP contribution is 2.26. The van der Waals surface area contributed by atoms with Gasteiger partial charge in [0.25, 0.3) is 0 Å². The average molecular weight is 266 g/mol. The molecule has 2 rings (SSSR count). The Labute approximate surface area is 116 Å². The van der Waals surface area contributed by atoms with Crippen molar-refractivity contribution in [1.29, 1.82) is 0 Å². The van der Waals surface area contributed by atoms with Crippen molar-refractivity contribution in [3.05, 3.63) is 34.3 Å². The molecule has 18 heavy (non-hydrogen) atoms. The normalized spacial score (nSPS) is 20.2. The van der Waals surface area contributed by atoms with Crippen LogP contribution in [0, 0.1) is 5.92 Å². The van der Waals surface area contributed by atoms with E-state index in [2.05, 4.69) is 38.2 Å². The maximum atomic E-state index is 6.05. The highest BCUT2D eigenvalue weighted by atomic mass is 35.5. The summed E-state index contributed by atoms with van der Waals surface area (Å²) in [6.45, 7) is 6.90. The fourth-order valence-corrected chi connectivity index (χ4v) is 3.40. The second-order valence-electron chi connectivity index (χ2n) is 5.55. The monoisotopic (exact) mass is 265 g/mol. The first-order valence-electron chi connectivity index (χ1n) is 7.17. The molecule has 0 fully saturated rings. The van der Waals surface area contributed by atoms with Gasteiger partial charge in [-0.2, -0.15) is 0 Å². The molecule has 0 aromatic heterocycles. The molecule has 0 heterocycles. The minimum Gasteiger partial charge on any atom is -0.311 e. The number of halogens is 1. The van der Waals surface area contributed by atoms with Gasteiger partial charge in [0, 0.05) is 17.1 Å². The summed E-state index contributed by atoms with van der Waals surface area (Å²) in [6.07, 6.45) is 4.80. The molecule has 0 bridgehead atoms. The molecule has 1 aromatic rings. The average Bonchev–Trinajstić information content (AvgIpc) is 2.71. The van der Waals surface area contributed by atoms with Gasteiger partial charge in [-0.25, -0.2) is 0 Å². The zero-order valence-corrected chi connectivity index (χ0v) is 12.4. The van der Waals surface area contributed by atoms with Crippen molar-refractivity contribution >= 4 is 11.6 Å². The van der Waals surface area contributed by atoms with E-state index < -0.39 is 0 Å². The number of fused-ring (bicyclic) bond motifs is 1. The molecule has 0 saturated carbocycles. The number of benzene rings is 1. The van der Waals surface area contributed by atoms with Gasteiger partial charge < -0.3 is 5.32 Å². The van der Waals surface area contributed by atoms with Gasteiger partial charge >= 0.3 is 0 Å². The van der Waals surface area contributed by atoms with Crippen LogP contribution in [0.4, 0.5) is 0 Å². The van der Waals surface area contributed by atoms with E-state index in [1.54, 1.807) is 0 Å². The second-order valence-corrected chi connectivity index (χ2v) is 5.99. The van der Waals surface area contributed by atoms with Gasteiger partial charge in [-0.1, -0.05) is 44.4 Å². The molecule has 1 nitrogen and oxygen atoms in total. The van der Waals surface area contributed by atoms with E-state index in [0.29, 0.717) is 12.1 Å². The molecule has 0 radical (unpaired) electrons. The molecule has 0 saturated heterocycles. The molecule has 0 amide bonds. The van der Waals surface area contributed by atoms with E-state index in [4.69, 9.17) is 11.6 Å². The molecular formula is C16H24ClN. The maximum Gasteiger partial charge on any atom is 0.0408 e. The van der Waals surface area contributed by atoms with Crippen LogP contribution in [-0.4, -0.2) is 12.1 Å². The summed E-state index contributed by atoms with van der Waals surface area (Å²) in [5.74, 6) is 0.789. The Hall–Kier alpha value is -0.530. The third-order valence-electron chi connectivity index (χ3n) is 4.36. The Kier molecular flexibility index (Phi) is 4.69. The Morgan fingerprint density at radius 1 is 1.22 bits per heavy atom. The van der Waals surface area contributed by atoms with Gasteiger partial charge in [-0.3, -0.25) is 0 Å². The molecule has 1 aliphatic rings. The molecule has 2 unspecified atom stereocenters. The van der Waals surface area contributed by atoms with Crippen LogP contribution in [0.25, 0.3) is 0 Å². The lowest BCUT2D eigenvalue weighted by molar-refractivity contribution is 0.323. The largest absolute Gasteiger partial charge is 0.311 e. The number of hydrogen-bond donors (Lipinski definition) is 1. The third kappa shape index (κ3) is 3.07. The Morgan fingerprint density at radius 3 is 2.56 bits per heavy atom. The Bertz CT molecular complexity index is 398. The Morgan fingerprint density at radius 2 is 1.89 bits per heavy atom. The number of hydrogen-bond acceptors (Lipinski definition) is 1. The molecule has 100 valence electrons. The van der Waals surface area contributed by atoms with Crippen molar-refractivity contribution in [2.75, 3.05) is 0 Å². The van der Waals surface area contributed by atoms with Crippen molar-refractivity contribution in [3.8, 4) is 0 Å². The predicted octanol–water partition coefficient (Wildman–Crippen LogP) is 4.22. The molecule has 2 heteroatoms. The van der Waals surface area contributed by atoms with Crippen molar-refractivity contribution in [2.45, 2.75) is 58.5 Å². The Balaban J connectivity index is 1.95. The maximum absolute atomic E-state index is 6.05. The van der Waals surface area contributed by atoms with E-state index in [9.17, 15) is 0 Å². The van der Waals surface area contributed by atoms with E-state index in [0.717, 1.165) is 23.8 Å². The van der Waals surface area contributed by atoms with Crippen LogP contribution in [-0.2, 0) is 12.8 Å². The van der Waals surface area contributed by atoms with Gasteiger partial charge in [0.2, 0.25) is 0 Å². The van der Waals surface area contributed by atoms with E-state index in [1.807, 2.05) is 6.07 Å². The first-order chi connectivity index (χ1) is 8.63. The van der Waals surface area contributed by atoms with Crippen molar-refractivity contribution < 1.29 is 0 Å². The topological polar surface area (TPSA) is 12.0 Å². The van der Waals surface area contributed by atoms with E-state index in [-0.39, 0.29) is 0 Å². The standard InChI is InChI=1S/C16H24ClN/c1-4-12(5-2)11(3)18-16-9-13-6-7-15(17)8-14(13)10-16/h6-8,11-12,16,18H,4-5,9-10H2,1-3H3. The van der Waals surface area contributed by atoms with Gasteiger partial charge in [0.05, 0.1) is 0 Å². The number of nitrogens with one attached hydrogen (secondary N) is 1. The first-order valence-corrected chi connectivity index (χ1v) is 7.55. The summed E-state index contributed by atoms with van der Waals surface area (Å²) in [6, 6.07) is 7.51. The van der Waals surface area contributed by atoms with Crippen molar-refractivity contribution in [2.24, 2.45) is 5.92 Å². The highest BCUT2D eigenvalue weighted by Gasteiger charge is 2.24. The fraction of sp³-hybridized carbons (Fsp3) is 0.625. The van der Waals surface area contributed by atoms with Crippen LogP contribution >= 0.6 is 11.6 Å². The van der Waals surface area contributed by atoms with Gasteiger partial charge in [-0.15, -0.1) is 0 Å². The van der Waals surface area contributed by atoms with Crippen LogP contribution in [0.2, 0.25) is 5.02 Å². The summed E-state index contributed by atoms with van der Waals surface area (Å²) in [5, 5.41) is 4.67. The van der Waals surface area contributed by atoms with Crippen LogP contribution in [0.15, 0.2) is 18.2 Å². The minimum atomic E-state index is 0.592. The molecule has 0 aliphatic heterocycles. The van der Waals surface area contributed by atoms with Gasteiger partial charge in [0.15, 0.2) is 0 Å². The first kappa shape index (κ1) is 13.9. The van der Waals surface area contributed by atoms with Gasteiger partial charge in [0.1, 0.15) is 0 Å². The molecule has 1 N–H and O–H groups in total. The van der Waals surface area contributed by atoms with Crippen molar-refractivity contribution in [1.82, 2.24) is 5.32 Å². The number of rotatable bonds is 5. The molecule has 1 aliphatic carbocycles. The molecular weight excluding hydrogens is 242 g/mol. The fourth-order valence-electron chi connectivity index (χ4n) is 3.21. The SMILES string of the molecule is CCC(CC)C(C)NC1Cc2ccc(Cl)cc2C1. The lowest BCUT2D eigenvalue weighted by atomic mass is 9.94. The zero-order valence-electron chi connectivity index (χ0n) is 11.7. The van der Waals surface area contributed by atoms with Crippen LogP contribution in [0.1, 0.15) is 44.7 Å². The third-order valence-corrected chi connectivity index (χ3v) is 4.59. The summed E-state index contributed by atoms with van der Waals surface area (Å²) < 4.78 is 0. The minimum absolute atomic E-state index is 0.592. The van der Waals surface area contributed by atoms with Gasteiger partial charge in [-0.05, 0) is 48.9 Å². The van der Waals surface area contributed by atoms with Crippen LogP contribution < -0.4 is 5.32 Å².